The molecule has 0 aliphatic rings. The number of rotatable bonds is 1. The molecule has 0 amide bonds. The molecule has 6 nitrogen and oxygen atoms in total. The Bertz CT molecular complexity index is 493. The van der Waals surface area contributed by atoms with Crippen molar-refractivity contribution in [3.05, 3.63) is 40.1 Å². The van der Waals surface area contributed by atoms with E-state index < -0.39 is 0 Å². The van der Waals surface area contributed by atoms with E-state index in [0.29, 0.717) is 0 Å². The first-order chi connectivity index (χ1) is 8.16. The number of aryl methyl sites for hydroxylation is 1. The number of benzene rings is 1. The number of non-ortho nitro benzene ring substituents is 1. The standard InChI is InChI=1S/C9H8N2O2.CH4O.CH2O/c1-6-4-7-5-8(11(12)13)2-3-9(7)10-6;2*1-2/h2-5,10H,1H3;2H,1H3;1H2. The third-order valence-corrected chi connectivity index (χ3v) is 1.95. The van der Waals surface area contributed by atoms with E-state index in [9.17, 15) is 10.1 Å². The highest BCUT2D eigenvalue weighted by Gasteiger charge is 2.06. The van der Waals surface area contributed by atoms with E-state index in [2.05, 4.69) is 4.98 Å². The summed E-state index contributed by atoms with van der Waals surface area (Å²) in [5, 5.41) is 18.3. The summed E-state index contributed by atoms with van der Waals surface area (Å²) in [6, 6.07) is 6.68. The molecule has 0 saturated carbocycles. The zero-order chi connectivity index (χ0) is 13.4. The predicted molar refractivity (Wildman–Crippen MR) is 65.0 cm³/mol. The average Bonchev–Trinajstić information content (AvgIpc) is 2.73. The summed E-state index contributed by atoms with van der Waals surface area (Å²) in [6.07, 6.45) is 0. The molecule has 2 aromatic rings. The van der Waals surface area contributed by atoms with Crippen molar-refractivity contribution in [3.8, 4) is 0 Å². The Hall–Kier alpha value is -2.21. The van der Waals surface area contributed by atoms with Crippen LogP contribution in [0.1, 0.15) is 5.69 Å². The van der Waals surface area contributed by atoms with Crippen molar-refractivity contribution in [2.24, 2.45) is 0 Å². The van der Waals surface area contributed by atoms with Gasteiger partial charge in [0.25, 0.3) is 5.69 Å². The summed E-state index contributed by atoms with van der Waals surface area (Å²) in [7, 11) is 1.00. The number of nitro groups is 1. The highest BCUT2D eigenvalue weighted by Crippen LogP contribution is 2.20. The van der Waals surface area contributed by atoms with E-state index in [1.54, 1.807) is 12.1 Å². The summed E-state index contributed by atoms with van der Waals surface area (Å²) >= 11 is 0. The number of aliphatic hydroxyl groups excluding tert-OH is 1. The van der Waals surface area contributed by atoms with Gasteiger partial charge in [-0.15, -0.1) is 0 Å². The van der Waals surface area contributed by atoms with E-state index in [-0.39, 0.29) is 10.6 Å². The van der Waals surface area contributed by atoms with Crippen LogP contribution in [-0.2, 0) is 4.79 Å². The second kappa shape index (κ2) is 7.13. The monoisotopic (exact) mass is 238 g/mol. The molecule has 0 saturated heterocycles. The Labute approximate surface area is 98.0 Å². The Kier molecular flexibility index (Phi) is 6.20. The number of nitrogens with one attached hydrogen (secondary N) is 1. The smallest absolute Gasteiger partial charge is 0.270 e. The minimum atomic E-state index is -0.387. The second-order valence-electron chi connectivity index (χ2n) is 2.98. The maximum atomic E-state index is 10.4. The lowest BCUT2D eigenvalue weighted by Crippen LogP contribution is -1.86. The molecule has 92 valence electrons. The van der Waals surface area contributed by atoms with E-state index in [1.807, 2.05) is 19.8 Å². The van der Waals surface area contributed by atoms with Gasteiger partial charge in [-0.05, 0) is 19.1 Å². The summed E-state index contributed by atoms with van der Waals surface area (Å²) in [5.74, 6) is 0. The summed E-state index contributed by atoms with van der Waals surface area (Å²) in [6.45, 7) is 3.92. The first kappa shape index (κ1) is 14.8. The van der Waals surface area contributed by atoms with Crippen molar-refractivity contribution in [2.75, 3.05) is 7.11 Å². The number of aromatic amines is 1. The van der Waals surface area contributed by atoms with E-state index in [0.717, 1.165) is 23.7 Å². The number of nitrogens with zero attached hydrogens (tertiary/aromatic N) is 1. The molecule has 0 atom stereocenters. The van der Waals surface area contributed by atoms with Crippen LogP contribution in [0.3, 0.4) is 0 Å². The first-order valence-corrected chi connectivity index (χ1v) is 4.64. The molecular weight excluding hydrogens is 224 g/mol. The molecule has 2 rings (SSSR count). The number of nitro benzene ring substituents is 1. The summed E-state index contributed by atoms with van der Waals surface area (Å²) < 4.78 is 0. The maximum Gasteiger partial charge on any atom is 0.270 e. The number of hydrogen-bond donors (Lipinski definition) is 2. The van der Waals surface area contributed by atoms with Gasteiger partial charge in [-0.1, -0.05) is 0 Å². The lowest BCUT2D eigenvalue weighted by molar-refractivity contribution is -0.384. The number of fused-ring (bicyclic) bond motifs is 1. The Balaban J connectivity index is 0.000000581. The molecule has 0 bridgehead atoms. The zero-order valence-electron chi connectivity index (χ0n) is 9.64. The normalized spacial score (nSPS) is 8.65. The molecule has 0 spiro atoms. The summed E-state index contributed by atoms with van der Waals surface area (Å²) in [4.78, 5) is 21.2. The molecule has 0 aliphatic carbocycles. The lowest BCUT2D eigenvalue weighted by Gasteiger charge is -1.90. The first-order valence-electron chi connectivity index (χ1n) is 4.64. The molecule has 1 aromatic heterocycles. The van der Waals surface area contributed by atoms with Crippen LogP contribution in [0.5, 0.6) is 0 Å². The van der Waals surface area contributed by atoms with Crippen LogP contribution < -0.4 is 0 Å². The van der Waals surface area contributed by atoms with Crippen LogP contribution in [0.4, 0.5) is 5.69 Å². The van der Waals surface area contributed by atoms with Crippen molar-refractivity contribution < 1.29 is 14.8 Å². The summed E-state index contributed by atoms with van der Waals surface area (Å²) in [5.41, 5.74) is 2.07. The number of H-pyrrole nitrogens is 1. The van der Waals surface area contributed by atoms with Crippen LogP contribution in [0.25, 0.3) is 10.9 Å². The van der Waals surface area contributed by atoms with Gasteiger partial charge in [0.2, 0.25) is 0 Å². The van der Waals surface area contributed by atoms with Gasteiger partial charge in [0.05, 0.1) is 4.92 Å². The Morgan fingerprint density at radius 1 is 1.29 bits per heavy atom. The van der Waals surface area contributed by atoms with Crippen molar-refractivity contribution in [1.29, 1.82) is 0 Å². The van der Waals surface area contributed by atoms with Gasteiger partial charge in [0.15, 0.2) is 0 Å². The fourth-order valence-corrected chi connectivity index (χ4v) is 1.38. The number of aliphatic hydroxyl groups is 1. The van der Waals surface area contributed by atoms with Gasteiger partial charge in [-0.25, -0.2) is 0 Å². The van der Waals surface area contributed by atoms with Crippen LogP contribution in [-0.4, -0.2) is 28.9 Å². The van der Waals surface area contributed by atoms with E-state index in [1.165, 1.54) is 6.07 Å². The Morgan fingerprint density at radius 3 is 2.41 bits per heavy atom. The van der Waals surface area contributed by atoms with E-state index in [4.69, 9.17) is 9.90 Å². The molecule has 1 heterocycles. The molecule has 0 unspecified atom stereocenters. The van der Waals surface area contributed by atoms with Crippen LogP contribution in [0, 0.1) is 17.0 Å². The van der Waals surface area contributed by atoms with E-state index >= 15 is 0 Å². The molecule has 0 radical (unpaired) electrons. The molecule has 6 heteroatoms. The van der Waals surface area contributed by atoms with Gasteiger partial charge in [-0.2, -0.15) is 0 Å². The van der Waals surface area contributed by atoms with Gasteiger partial charge < -0.3 is 14.9 Å². The molecule has 0 fully saturated rings. The minimum Gasteiger partial charge on any atom is -0.400 e. The molecule has 0 aliphatic heterocycles. The molecule has 17 heavy (non-hydrogen) atoms. The highest BCUT2D eigenvalue weighted by atomic mass is 16.6. The Morgan fingerprint density at radius 2 is 1.88 bits per heavy atom. The largest absolute Gasteiger partial charge is 0.400 e. The average molecular weight is 238 g/mol. The number of carbonyl (C=O) groups is 1. The van der Waals surface area contributed by atoms with Gasteiger partial charge in [0, 0.05) is 35.8 Å². The number of carbonyl (C=O) groups excluding carboxylic acids is 1. The van der Waals surface area contributed by atoms with Crippen molar-refractivity contribution >= 4 is 23.4 Å². The highest BCUT2D eigenvalue weighted by molar-refractivity contribution is 5.82. The maximum absolute atomic E-state index is 10.4. The van der Waals surface area contributed by atoms with Crippen molar-refractivity contribution in [3.63, 3.8) is 0 Å². The predicted octanol–water partition coefficient (Wildman–Crippen LogP) is 1.81. The number of hydrogen-bond acceptors (Lipinski definition) is 4. The third kappa shape index (κ3) is 3.69. The SMILES string of the molecule is C=O.CO.Cc1cc2cc([N+](=O)[O-])ccc2[nH]1. The molecule has 2 N–H and O–H groups in total. The van der Waals surface area contributed by atoms with Gasteiger partial charge in [0.1, 0.15) is 6.79 Å². The van der Waals surface area contributed by atoms with Crippen LogP contribution >= 0.6 is 0 Å². The third-order valence-electron chi connectivity index (χ3n) is 1.95. The fraction of sp³-hybridized carbons (Fsp3) is 0.182. The van der Waals surface area contributed by atoms with Gasteiger partial charge in [-0.3, -0.25) is 10.1 Å². The minimum absolute atomic E-state index is 0.131. The molecular formula is C11H14N2O4. The zero-order valence-corrected chi connectivity index (χ0v) is 9.64. The fourth-order valence-electron chi connectivity index (χ4n) is 1.38. The quantitative estimate of drug-likeness (QED) is 0.584. The second-order valence-corrected chi connectivity index (χ2v) is 2.98. The molecule has 1 aromatic carbocycles. The number of aromatic nitrogens is 1. The van der Waals surface area contributed by atoms with Crippen LogP contribution in [0.15, 0.2) is 24.3 Å². The van der Waals surface area contributed by atoms with Crippen molar-refractivity contribution in [2.45, 2.75) is 6.92 Å². The lowest BCUT2D eigenvalue weighted by atomic mass is 10.2. The topological polar surface area (TPSA) is 96.2 Å². The van der Waals surface area contributed by atoms with Crippen LogP contribution in [0.2, 0.25) is 0 Å². The van der Waals surface area contributed by atoms with Crippen molar-refractivity contribution in [1.82, 2.24) is 4.98 Å². The van der Waals surface area contributed by atoms with Gasteiger partial charge >= 0.3 is 0 Å².